The highest BCUT2D eigenvalue weighted by Gasteiger charge is 2.12. The lowest BCUT2D eigenvalue weighted by Crippen LogP contribution is -2.21. The second-order valence-corrected chi connectivity index (χ2v) is 5.64. The van der Waals surface area contributed by atoms with E-state index in [1.54, 1.807) is 6.92 Å². The van der Waals surface area contributed by atoms with Gasteiger partial charge in [-0.15, -0.1) is 0 Å². The topological polar surface area (TPSA) is 73.1 Å². The Balaban J connectivity index is 2.51. The van der Waals surface area contributed by atoms with E-state index in [-0.39, 0.29) is 10.4 Å². The number of aromatic nitrogens is 2. The number of nitrogens with zero attached hydrogens (tertiary/aromatic N) is 2. The summed E-state index contributed by atoms with van der Waals surface area (Å²) in [5.41, 5.74) is 6.73. The van der Waals surface area contributed by atoms with Crippen LogP contribution >= 0.6 is 23.8 Å². The number of rotatable bonds is 9. The molecule has 1 aromatic heterocycles. The van der Waals surface area contributed by atoms with Crippen molar-refractivity contribution in [3.8, 4) is 5.88 Å². The Bertz CT molecular complexity index is 471. The van der Waals surface area contributed by atoms with Crippen molar-refractivity contribution in [3.05, 3.63) is 11.0 Å². The molecule has 0 saturated carbocycles. The molecule has 0 aliphatic carbocycles. The molecule has 0 spiro atoms. The largest absolute Gasteiger partial charge is 0.476 e. The Labute approximate surface area is 136 Å². The molecular formula is C14H23ClN4OS. The van der Waals surface area contributed by atoms with Crippen LogP contribution < -0.4 is 15.8 Å². The first-order valence-electron chi connectivity index (χ1n) is 7.28. The van der Waals surface area contributed by atoms with E-state index in [4.69, 9.17) is 34.3 Å². The summed E-state index contributed by atoms with van der Waals surface area (Å²) in [6.07, 6.45) is 7.20. The zero-order chi connectivity index (χ0) is 15.7. The molecule has 3 N–H and O–H groups in total. The van der Waals surface area contributed by atoms with Gasteiger partial charge in [-0.1, -0.05) is 39.0 Å². The number of hydrogen-bond acceptors (Lipinski definition) is 4. The molecular weight excluding hydrogens is 308 g/mol. The van der Waals surface area contributed by atoms with Gasteiger partial charge in [-0.25, -0.2) is 4.98 Å². The van der Waals surface area contributed by atoms with E-state index in [1.807, 2.05) is 0 Å². The lowest BCUT2D eigenvalue weighted by atomic mass is 10.1. The number of unbranched alkanes of at least 4 members (excludes halogenated alkanes) is 5. The predicted octanol–water partition coefficient (Wildman–Crippen LogP) is 3.83. The van der Waals surface area contributed by atoms with E-state index >= 15 is 0 Å². The first kappa shape index (κ1) is 17.9. The first-order valence-corrected chi connectivity index (χ1v) is 8.06. The molecule has 0 aliphatic rings. The van der Waals surface area contributed by atoms with Crippen molar-refractivity contribution in [2.45, 2.75) is 52.4 Å². The van der Waals surface area contributed by atoms with Crippen LogP contribution in [0.3, 0.4) is 0 Å². The molecule has 21 heavy (non-hydrogen) atoms. The molecule has 0 amide bonds. The van der Waals surface area contributed by atoms with Gasteiger partial charge in [0, 0.05) is 0 Å². The Morgan fingerprint density at radius 3 is 2.57 bits per heavy atom. The van der Waals surface area contributed by atoms with E-state index in [0.717, 1.165) is 12.8 Å². The summed E-state index contributed by atoms with van der Waals surface area (Å²) in [6.45, 7) is 4.59. The third kappa shape index (κ3) is 6.91. The van der Waals surface area contributed by atoms with E-state index in [0.29, 0.717) is 23.9 Å². The number of ether oxygens (including phenoxy) is 1. The van der Waals surface area contributed by atoms with Gasteiger partial charge in [0.25, 0.3) is 0 Å². The minimum absolute atomic E-state index is 0.147. The molecule has 0 saturated heterocycles. The van der Waals surface area contributed by atoms with Crippen LogP contribution in [-0.4, -0.2) is 21.7 Å². The van der Waals surface area contributed by atoms with Crippen LogP contribution in [0.2, 0.25) is 5.28 Å². The monoisotopic (exact) mass is 330 g/mol. The molecule has 0 radical (unpaired) electrons. The van der Waals surface area contributed by atoms with Gasteiger partial charge in [-0.3, -0.25) is 0 Å². The number of thiocarbonyl (C=S) groups is 1. The Hall–Kier alpha value is -1.14. The fraction of sp³-hybridized carbons (Fsp3) is 0.643. The first-order chi connectivity index (χ1) is 10.0. The lowest BCUT2D eigenvalue weighted by molar-refractivity contribution is 0.294. The number of aryl methyl sites for hydroxylation is 1. The smallest absolute Gasteiger partial charge is 0.242 e. The van der Waals surface area contributed by atoms with Crippen molar-refractivity contribution in [1.29, 1.82) is 0 Å². The minimum atomic E-state index is 0.147. The summed E-state index contributed by atoms with van der Waals surface area (Å²) < 4.78 is 5.69. The van der Waals surface area contributed by atoms with E-state index < -0.39 is 0 Å². The third-order valence-electron chi connectivity index (χ3n) is 3.01. The highest BCUT2D eigenvalue weighted by atomic mass is 35.5. The maximum atomic E-state index is 5.86. The average Bonchev–Trinajstić information content (AvgIpc) is 2.41. The number of halogens is 1. The summed E-state index contributed by atoms with van der Waals surface area (Å²) in [7, 11) is 0. The maximum absolute atomic E-state index is 5.86. The number of hydrogen-bond donors (Lipinski definition) is 2. The van der Waals surface area contributed by atoms with Crippen molar-refractivity contribution in [3.63, 3.8) is 0 Å². The SMILES string of the molecule is CCCCCCCCOc1nc(Cl)nc(C)c1NC(N)=S. The number of nitrogens with two attached hydrogens (primary N) is 1. The molecule has 7 heteroatoms. The summed E-state index contributed by atoms with van der Waals surface area (Å²) >= 11 is 10.7. The van der Waals surface area contributed by atoms with Crippen LogP contribution in [0, 0.1) is 6.92 Å². The van der Waals surface area contributed by atoms with Gasteiger partial charge in [0.15, 0.2) is 5.11 Å². The Morgan fingerprint density at radius 1 is 1.24 bits per heavy atom. The molecule has 0 aliphatic heterocycles. The van der Waals surface area contributed by atoms with Gasteiger partial charge in [0.05, 0.1) is 12.3 Å². The minimum Gasteiger partial charge on any atom is -0.476 e. The molecule has 1 rings (SSSR count). The normalized spacial score (nSPS) is 10.4. The molecule has 118 valence electrons. The van der Waals surface area contributed by atoms with Crippen molar-refractivity contribution in [2.75, 3.05) is 11.9 Å². The molecule has 0 atom stereocenters. The van der Waals surface area contributed by atoms with E-state index in [1.165, 1.54) is 25.7 Å². The molecule has 1 heterocycles. The molecule has 5 nitrogen and oxygen atoms in total. The van der Waals surface area contributed by atoms with Gasteiger partial charge >= 0.3 is 0 Å². The highest BCUT2D eigenvalue weighted by molar-refractivity contribution is 7.80. The van der Waals surface area contributed by atoms with Gasteiger partial charge in [0.2, 0.25) is 11.2 Å². The van der Waals surface area contributed by atoms with Gasteiger partial charge in [-0.2, -0.15) is 4.98 Å². The Kier molecular flexibility index (Phi) is 8.30. The molecule has 1 aromatic rings. The predicted molar refractivity (Wildman–Crippen MR) is 91.1 cm³/mol. The van der Waals surface area contributed by atoms with Gasteiger partial charge in [-0.05, 0) is 37.2 Å². The zero-order valence-electron chi connectivity index (χ0n) is 12.6. The van der Waals surface area contributed by atoms with E-state index in [2.05, 4.69) is 22.2 Å². The Morgan fingerprint density at radius 2 is 1.90 bits per heavy atom. The standard InChI is InChI=1S/C14H23ClN4OS/c1-3-4-5-6-7-8-9-20-12-11(18-14(16)21)10(2)17-13(15)19-12/h3-9H2,1-2H3,(H3,16,18,21). The lowest BCUT2D eigenvalue weighted by Gasteiger charge is -2.13. The molecule has 0 fully saturated rings. The van der Waals surface area contributed by atoms with Crippen LogP contribution in [0.1, 0.15) is 51.1 Å². The van der Waals surface area contributed by atoms with Gasteiger partial charge in [0.1, 0.15) is 5.69 Å². The summed E-state index contributed by atoms with van der Waals surface area (Å²) in [6, 6.07) is 0. The second kappa shape index (κ2) is 9.73. The number of nitrogens with one attached hydrogen (secondary N) is 1. The molecule has 0 bridgehead atoms. The van der Waals surface area contributed by atoms with Crippen LogP contribution in [0.25, 0.3) is 0 Å². The van der Waals surface area contributed by atoms with Crippen molar-refractivity contribution in [1.82, 2.24) is 9.97 Å². The average molecular weight is 331 g/mol. The molecule has 0 unspecified atom stereocenters. The quantitative estimate of drug-likeness (QED) is 0.407. The van der Waals surface area contributed by atoms with Gasteiger partial charge < -0.3 is 15.8 Å². The van der Waals surface area contributed by atoms with Crippen LogP contribution in [0.15, 0.2) is 0 Å². The fourth-order valence-electron chi connectivity index (χ4n) is 1.94. The van der Waals surface area contributed by atoms with Crippen LogP contribution in [0.5, 0.6) is 5.88 Å². The van der Waals surface area contributed by atoms with Crippen molar-refractivity contribution in [2.24, 2.45) is 5.73 Å². The van der Waals surface area contributed by atoms with Crippen molar-refractivity contribution < 1.29 is 4.74 Å². The summed E-state index contributed by atoms with van der Waals surface area (Å²) in [4.78, 5) is 8.15. The second-order valence-electron chi connectivity index (χ2n) is 4.86. The van der Waals surface area contributed by atoms with E-state index in [9.17, 15) is 0 Å². The van der Waals surface area contributed by atoms with Crippen LogP contribution in [-0.2, 0) is 0 Å². The summed E-state index contributed by atoms with van der Waals surface area (Å²) in [5, 5.41) is 3.14. The molecule has 0 aromatic carbocycles. The number of anilines is 1. The maximum Gasteiger partial charge on any atom is 0.242 e. The highest BCUT2D eigenvalue weighted by Crippen LogP contribution is 2.26. The summed E-state index contributed by atoms with van der Waals surface area (Å²) in [5.74, 6) is 0.397. The van der Waals surface area contributed by atoms with Crippen molar-refractivity contribution >= 4 is 34.6 Å². The fourth-order valence-corrected chi connectivity index (χ4v) is 2.24. The zero-order valence-corrected chi connectivity index (χ0v) is 14.2. The third-order valence-corrected chi connectivity index (χ3v) is 3.29. The van der Waals surface area contributed by atoms with Crippen LogP contribution in [0.4, 0.5) is 5.69 Å².